The smallest absolute Gasteiger partial charge is 0.258 e. The van der Waals surface area contributed by atoms with Gasteiger partial charge in [0, 0.05) is 12.1 Å². The van der Waals surface area contributed by atoms with Crippen molar-refractivity contribution in [2.24, 2.45) is 5.73 Å². The number of hydrogen-bond acceptors (Lipinski definition) is 3. The summed E-state index contributed by atoms with van der Waals surface area (Å²) < 4.78 is 5.62. The number of hydrogen-bond donors (Lipinski definition) is 2. The largest absolute Gasteiger partial charge is 0.482 e. The van der Waals surface area contributed by atoms with Gasteiger partial charge < -0.3 is 15.8 Å². The Kier molecular flexibility index (Phi) is 7.54. The van der Waals surface area contributed by atoms with Gasteiger partial charge in [0.15, 0.2) is 6.61 Å². The molecule has 0 spiro atoms. The summed E-state index contributed by atoms with van der Waals surface area (Å²) >= 11 is 6.17. The third-order valence-corrected chi connectivity index (χ3v) is 3.72. The summed E-state index contributed by atoms with van der Waals surface area (Å²) in [6.45, 7) is 5.97. The summed E-state index contributed by atoms with van der Waals surface area (Å²) in [4.78, 5) is 11.8. The van der Waals surface area contributed by atoms with Gasteiger partial charge in [-0.25, -0.2) is 0 Å². The molecular weight excluding hydrogens is 288 g/mol. The average molecular weight is 313 g/mol. The van der Waals surface area contributed by atoms with Crippen molar-refractivity contribution < 1.29 is 9.53 Å². The van der Waals surface area contributed by atoms with Gasteiger partial charge in [0.05, 0.1) is 5.02 Å². The minimum absolute atomic E-state index is 0.0392. The molecule has 0 radical (unpaired) electrons. The second kappa shape index (κ2) is 8.90. The lowest BCUT2D eigenvalue weighted by molar-refractivity contribution is -0.123. The second-order valence-corrected chi connectivity index (χ2v) is 5.67. The van der Waals surface area contributed by atoms with Crippen molar-refractivity contribution in [2.45, 2.75) is 52.1 Å². The number of nitrogens with one attached hydrogen (secondary N) is 1. The summed E-state index contributed by atoms with van der Waals surface area (Å²) in [6, 6.07) is 5.75. The molecule has 4 nitrogen and oxygen atoms in total. The molecular formula is C16H25ClN2O2. The number of para-hydroxylation sites is 1. The van der Waals surface area contributed by atoms with Crippen molar-refractivity contribution >= 4 is 17.5 Å². The van der Waals surface area contributed by atoms with E-state index in [-0.39, 0.29) is 24.6 Å². The van der Waals surface area contributed by atoms with E-state index < -0.39 is 0 Å². The Morgan fingerprint density at radius 3 is 2.71 bits per heavy atom. The predicted molar refractivity (Wildman–Crippen MR) is 86.8 cm³/mol. The lowest BCUT2D eigenvalue weighted by atomic mass is 10.0. The zero-order valence-corrected chi connectivity index (χ0v) is 13.7. The van der Waals surface area contributed by atoms with Crippen molar-refractivity contribution in [2.75, 3.05) is 6.61 Å². The predicted octanol–water partition coefficient (Wildman–Crippen LogP) is 2.91. The molecule has 0 aliphatic rings. The highest BCUT2D eigenvalue weighted by Gasteiger charge is 2.13. The monoisotopic (exact) mass is 312 g/mol. The zero-order valence-electron chi connectivity index (χ0n) is 13.0. The molecule has 1 amide bonds. The SMILES string of the molecule is CCC(N)Cc1cccc(Cl)c1OCC(=O)NC(C)CC. The first-order valence-electron chi connectivity index (χ1n) is 7.43. The average Bonchev–Trinajstić information content (AvgIpc) is 2.46. The van der Waals surface area contributed by atoms with Crippen LogP contribution >= 0.6 is 11.6 Å². The van der Waals surface area contributed by atoms with E-state index in [4.69, 9.17) is 22.1 Å². The molecule has 1 aromatic carbocycles. The van der Waals surface area contributed by atoms with Gasteiger partial charge >= 0.3 is 0 Å². The number of carbonyl (C=O) groups excluding carboxylic acids is 1. The van der Waals surface area contributed by atoms with Gasteiger partial charge in [-0.2, -0.15) is 0 Å². The van der Waals surface area contributed by atoms with Crippen LogP contribution in [0.1, 0.15) is 39.2 Å². The van der Waals surface area contributed by atoms with Crippen molar-refractivity contribution in [1.29, 1.82) is 0 Å². The summed E-state index contributed by atoms with van der Waals surface area (Å²) in [5.74, 6) is 0.414. The molecule has 5 heteroatoms. The van der Waals surface area contributed by atoms with E-state index >= 15 is 0 Å². The number of nitrogens with two attached hydrogens (primary N) is 1. The first-order chi connectivity index (χ1) is 9.97. The van der Waals surface area contributed by atoms with Gasteiger partial charge in [-0.05, 0) is 37.8 Å². The fraction of sp³-hybridized carbons (Fsp3) is 0.562. The Morgan fingerprint density at radius 1 is 1.38 bits per heavy atom. The Hall–Kier alpha value is -1.26. The highest BCUT2D eigenvalue weighted by Crippen LogP contribution is 2.29. The maximum Gasteiger partial charge on any atom is 0.258 e. The molecule has 0 aliphatic carbocycles. The number of benzene rings is 1. The third kappa shape index (κ3) is 5.94. The maximum absolute atomic E-state index is 11.8. The lowest BCUT2D eigenvalue weighted by Crippen LogP contribution is -2.35. The molecule has 2 unspecified atom stereocenters. The zero-order chi connectivity index (χ0) is 15.8. The van der Waals surface area contributed by atoms with Crippen LogP contribution in [0.25, 0.3) is 0 Å². The normalized spacial score (nSPS) is 13.6. The van der Waals surface area contributed by atoms with Gasteiger partial charge in [-0.1, -0.05) is 37.6 Å². The minimum atomic E-state index is -0.144. The van der Waals surface area contributed by atoms with Crippen LogP contribution in [0.5, 0.6) is 5.75 Å². The highest BCUT2D eigenvalue weighted by molar-refractivity contribution is 6.32. The number of amides is 1. The van der Waals surface area contributed by atoms with Crippen LogP contribution in [0.15, 0.2) is 18.2 Å². The number of halogens is 1. The standard InChI is InChI=1S/C16H25ClN2O2/c1-4-11(3)19-15(20)10-21-16-12(9-13(18)5-2)7-6-8-14(16)17/h6-8,11,13H,4-5,9-10,18H2,1-3H3,(H,19,20). The first-order valence-corrected chi connectivity index (χ1v) is 7.80. The van der Waals surface area contributed by atoms with E-state index in [1.54, 1.807) is 6.07 Å². The third-order valence-electron chi connectivity index (χ3n) is 3.42. The molecule has 2 atom stereocenters. The van der Waals surface area contributed by atoms with Crippen LogP contribution in [0, 0.1) is 0 Å². The summed E-state index contributed by atoms with van der Waals surface area (Å²) in [5, 5.41) is 3.37. The van der Waals surface area contributed by atoms with E-state index in [1.165, 1.54) is 0 Å². The number of carbonyl (C=O) groups is 1. The van der Waals surface area contributed by atoms with E-state index in [0.717, 1.165) is 18.4 Å². The van der Waals surface area contributed by atoms with Crippen LogP contribution in [-0.4, -0.2) is 24.6 Å². The van der Waals surface area contributed by atoms with E-state index in [9.17, 15) is 4.79 Å². The van der Waals surface area contributed by atoms with Crippen LogP contribution in [0.3, 0.4) is 0 Å². The highest BCUT2D eigenvalue weighted by atomic mass is 35.5. The van der Waals surface area contributed by atoms with Gasteiger partial charge in [-0.15, -0.1) is 0 Å². The van der Waals surface area contributed by atoms with Crippen molar-refractivity contribution in [3.05, 3.63) is 28.8 Å². The summed E-state index contributed by atoms with van der Waals surface area (Å²) in [7, 11) is 0. The van der Waals surface area contributed by atoms with Crippen LogP contribution in [0.4, 0.5) is 0 Å². The molecule has 0 aliphatic heterocycles. The molecule has 0 aromatic heterocycles. The number of ether oxygens (including phenoxy) is 1. The van der Waals surface area contributed by atoms with Gasteiger partial charge in [0.25, 0.3) is 5.91 Å². The first kappa shape index (κ1) is 17.8. The van der Waals surface area contributed by atoms with Crippen LogP contribution in [-0.2, 0) is 11.2 Å². The second-order valence-electron chi connectivity index (χ2n) is 5.27. The minimum Gasteiger partial charge on any atom is -0.482 e. The molecule has 118 valence electrons. The molecule has 1 aromatic rings. The quantitative estimate of drug-likeness (QED) is 0.775. The molecule has 1 rings (SSSR count). The van der Waals surface area contributed by atoms with Gasteiger partial charge in [-0.3, -0.25) is 4.79 Å². The Morgan fingerprint density at radius 2 is 2.10 bits per heavy atom. The fourth-order valence-electron chi connectivity index (χ4n) is 1.86. The van der Waals surface area contributed by atoms with Gasteiger partial charge in [0.1, 0.15) is 5.75 Å². The molecule has 3 N–H and O–H groups in total. The molecule has 0 saturated carbocycles. The van der Waals surface area contributed by atoms with E-state index in [0.29, 0.717) is 17.2 Å². The van der Waals surface area contributed by atoms with Crippen molar-refractivity contribution in [1.82, 2.24) is 5.32 Å². The van der Waals surface area contributed by atoms with Crippen LogP contribution in [0.2, 0.25) is 5.02 Å². The summed E-state index contributed by atoms with van der Waals surface area (Å²) in [6.07, 6.45) is 2.44. The topological polar surface area (TPSA) is 64.3 Å². The Labute approximate surface area is 132 Å². The maximum atomic E-state index is 11.8. The molecule has 0 heterocycles. The molecule has 0 bridgehead atoms. The Balaban J connectivity index is 2.71. The molecule has 0 fully saturated rings. The lowest BCUT2D eigenvalue weighted by Gasteiger charge is -2.16. The number of rotatable bonds is 8. The van der Waals surface area contributed by atoms with Crippen molar-refractivity contribution in [3.63, 3.8) is 0 Å². The van der Waals surface area contributed by atoms with Crippen LogP contribution < -0.4 is 15.8 Å². The summed E-state index contributed by atoms with van der Waals surface area (Å²) in [5.41, 5.74) is 6.92. The van der Waals surface area contributed by atoms with Crippen molar-refractivity contribution in [3.8, 4) is 5.75 Å². The molecule has 21 heavy (non-hydrogen) atoms. The van der Waals surface area contributed by atoms with E-state index in [2.05, 4.69) is 5.32 Å². The molecule has 0 saturated heterocycles. The van der Waals surface area contributed by atoms with E-state index in [1.807, 2.05) is 32.9 Å². The van der Waals surface area contributed by atoms with Gasteiger partial charge in [0.2, 0.25) is 0 Å². The fourth-order valence-corrected chi connectivity index (χ4v) is 2.11. The Bertz CT molecular complexity index is 466.